The summed E-state index contributed by atoms with van der Waals surface area (Å²) in [6.45, 7) is 2.77. The maximum absolute atomic E-state index is 12.9. The number of carboxylic acids is 1. The van der Waals surface area contributed by atoms with E-state index in [0.717, 1.165) is 24.9 Å². The Morgan fingerprint density at radius 3 is 2.67 bits per heavy atom. The van der Waals surface area contributed by atoms with Crippen LogP contribution in [0.2, 0.25) is 0 Å². The molecule has 4 heteroatoms. The molecule has 1 aliphatic rings. The van der Waals surface area contributed by atoms with E-state index in [-0.39, 0.29) is 11.9 Å². The van der Waals surface area contributed by atoms with Crippen molar-refractivity contribution in [2.24, 2.45) is 0 Å². The van der Waals surface area contributed by atoms with Crippen molar-refractivity contribution < 1.29 is 14.3 Å². The number of benzene rings is 1. The Balaban J connectivity index is 2.17. The van der Waals surface area contributed by atoms with E-state index in [2.05, 4.69) is 0 Å². The third-order valence-corrected chi connectivity index (χ3v) is 3.68. The van der Waals surface area contributed by atoms with E-state index in [9.17, 15) is 14.3 Å². The van der Waals surface area contributed by atoms with Gasteiger partial charge in [-0.2, -0.15) is 0 Å². The summed E-state index contributed by atoms with van der Waals surface area (Å²) >= 11 is 0. The molecule has 0 spiro atoms. The lowest BCUT2D eigenvalue weighted by molar-refractivity contribution is -0.145. The van der Waals surface area contributed by atoms with Gasteiger partial charge in [0.25, 0.3) is 0 Å². The van der Waals surface area contributed by atoms with E-state index in [0.29, 0.717) is 6.42 Å². The second-order valence-electron chi connectivity index (χ2n) is 4.82. The second kappa shape index (κ2) is 5.48. The number of carbonyl (C=O) groups is 1. The number of carboxylic acid groups (broad SMARTS) is 1. The van der Waals surface area contributed by atoms with Crippen molar-refractivity contribution in [2.75, 3.05) is 6.54 Å². The number of nitrogens with zero attached hydrogens (tertiary/aromatic N) is 1. The van der Waals surface area contributed by atoms with Crippen LogP contribution in [0.1, 0.15) is 37.8 Å². The summed E-state index contributed by atoms with van der Waals surface area (Å²) in [6.07, 6.45) is 2.68. The molecule has 1 heterocycles. The first-order valence-corrected chi connectivity index (χ1v) is 6.33. The van der Waals surface area contributed by atoms with Crippen LogP contribution in [0.5, 0.6) is 0 Å². The number of aliphatic carboxylic acids is 1. The molecule has 0 bridgehead atoms. The van der Waals surface area contributed by atoms with Gasteiger partial charge in [0.2, 0.25) is 0 Å². The van der Waals surface area contributed by atoms with Gasteiger partial charge in [-0.15, -0.1) is 0 Å². The first-order valence-electron chi connectivity index (χ1n) is 6.33. The molecule has 98 valence electrons. The number of halogens is 1. The largest absolute Gasteiger partial charge is 0.480 e. The predicted octanol–water partition coefficient (Wildman–Crippen LogP) is 2.83. The third-order valence-electron chi connectivity index (χ3n) is 3.68. The van der Waals surface area contributed by atoms with Crippen molar-refractivity contribution in [3.8, 4) is 0 Å². The lowest BCUT2D eigenvalue weighted by atomic mass is 9.97. The highest BCUT2D eigenvalue weighted by Gasteiger charge is 2.31. The van der Waals surface area contributed by atoms with Gasteiger partial charge in [0.05, 0.1) is 0 Å². The quantitative estimate of drug-likeness (QED) is 0.898. The first kappa shape index (κ1) is 13.0. The number of hydrogen-bond acceptors (Lipinski definition) is 2. The molecule has 0 radical (unpaired) electrons. The predicted molar refractivity (Wildman–Crippen MR) is 66.8 cm³/mol. The zero-order valence-corrected chi connectivity index (χ0v) is 10.5. The molecule has 3 nitrogen and oxygen atoms in total. The normalized spacial score (nSPS) is 22.7. The Bertz CT molecular complexity index is 418. The van der Waals surface area contributed by atoms with Crippen LogP contribution in [-0.4, -0.2) is 28.6 Å². The molecule has 2 atom stereocenters. The van der Waals surface area contributed by atoms with Gasteiger partial charge in [-0.05, 0) is 44.0 Å². The van der Waals surface area contributed by atoms with Crippen LogP contribution < -0.4 is 0 Å². The fourth-order valence-corrected chi connectivity index (χ4v) is 2.62. The highest BCUT2D eigenvalue weighted by atomic mass is 19.1. The Hall–Kier alpha value is -1.42. The van der Waals surface area contributed by atoms with Gasteiger partial charge in [-0.1, -0.05) is 18.6 Å². The Morgan fingerprint density at radius 2 is 2.06 bits per heavy atom. The fourth-order valence-electron chi connectivity index (χ4n) is 2.62. The van der Waals surface area contributed by atoms with Gasteiger partial charge < -0.3 is 5.11 Å². The van der Waals surface area contributed by atoms with Crippen molar-refractivity contribution in [3.63, 3.8) is 0 Å². The van der Waals surface area contributed by atoms with E-state index in [4.69, 9.17) is 0 Å². The van der Waals surface area contributed by atoms with Crippen LogP contribution in [0.3, 0.4) is 0 Å². The highest BCUT2D eigenvalue weighted by Crippen LogP contribution is 2.28. The molecule has 1 fully saturated rings. The van der Waals surface area contributed by atoms with E-state index >= 15 is 0 Å². The minimum atomic E-state index is -0.760. The molecular formula is C14H18FNO2. The summed E-state index contributed by atoms with van der Waals surface area (Å²) in [5, 5.41) is 9.25. The van der Waals surface area contributed by atoms with E-state index in [1.807, 2.05) is 11.8 Å². The molecule has 0 aromatic heterocycles. The zero-order chi connectivity index (χ0) is 13.1. The summed E-state index contributed by atoms with van der Waals surface area (Å²) in [5.41, 5.74) is 0.963. The van der Waals surface area contributed by atoms with Crippen LogP contribution >= 0.6 is 0 Å². The Kier molecular flexibility index (Phi) is 3.97. The summed E-state index contributed by atoms with van der Waals surface area (Å²) in [5.74, 6) is -1.02. The molecular weight excluding hydrogens is 233 g/mol. The molecule has 0 saturated carbocycles. The number of likely N-dealkylation sites (tertiary alicyclic amines) is 1. The lowest BCUT2D eigenvalue weighted by Gasteiger charge is -2.37. The topological polar surface area (TPSA) is 40.5 Å². The van der Waals surface area contributed by atoms with Gasteiger partial charge in [0.15, 0.2) is 0 Å². The van der Waals surface area contributed by atoms with Crippen LogP contribution in [0.15, 0.2) is 24.3 Å². The minimum Gasteiger partial charge on any atom is -0.480 e. The van der Waals surface area contributed by atoms with Crippen LogP contribution in [0.25, 0.3) is 0 Å². The molecule has 2 unspecified atom stereocenters. The SMILES string of the molecule is CC(c1ccc(F)cc1)N1CCCCC1C(=O)O. The van der Waals surface area contributed by atoms with Crippen molar-refractivity contribution in [2.45, 2.75) is 38.3 Å². The Morgan fingerprint density at radius 1 is 1.39 bits per heavy atom. The zero-order valence-electron chi connectivity index (χ0n) is 10.5. The summed E-state index contributed by atoms with van der Waals surface area (Å²) in [4.78, 5) is 13.3. The maximum Gasteiger partial charge on any atom is 0.320 e. The number of rotatable bonds is 3. The van der Waals surface area contributed by atoms with E-state index in [1.54, 1.807) is 12.1 Å². The smallest absolute Gasteiger partial charge is 0.320 e. The van der Waals surface area contributed by atoms with Crippen LogP contribution in [-0.2, 0) is 4.79 Å². The summed E-state index contributed by atoms with van der Waals surface area (Å²) in [7, 11) is 0. The third kappa shape index (κ3) is 2.70. The average Bonchev–Trinajstić information content (AvgIpc) is 2.39. The van der Waals surface area contributed by atoms with Crippen molar-refractivity contribution in [1.29, 1.82) is 0 Å². The van der Waals surface area contributed by atoms with Crippen molar-refractivity contribution in [1.82, 2.24) is 4.90 Å². The van der Waals surface area contributed by atoms with Crippen LogP contribution in [0, 0.1) is 5.82 Å². The minimum absolute atomic E-state index is 0.00648. The molecule has 1 N–H and O–H groups in total. The average molecular weight is 251 g/mol. The van der Waals surface area contributed by atoms with Crippen molar-refractivity contribution in [3.05, 3.63) is 35.6 Å². The van der Waals surface area contributed by atoms with Gasteiger partial charge in [0.1, 0.15) is 11.9 Å². The highest BCUT2D eigenvalue weighted by molar-refractivity contribution is 5.73. The first-order chi connectivity index (χ1) is 8.59. The maximum atomic E-state index is 12.9. The van der Waals surface area contributed by atoms with Crippen LogP contribution in [0.4, 0.5) is 4.39 Å². The van der Waals surface area contributed by atoms with Gasteiger partial charge in [-0.3, -0.25) is 9.69 Å². The molecule has 2 rings (SSSR count). The van der Waals surface area contributed by atoms with Gasteiger partial charge >= 0.3 is 5.97 Å². The standard InChI is InChI=1S/C14H18FNO2/c1-10(11-5-7-12(15)8-6-11)16-9-3-2-4-13(16)14(17)18/h5-8,10,13H,2-4,9H2,1H3,(H,17,18). The van der Waals surface area contributed by atoms with E-state index in [1.165, 1.54) is 12.1 Å². The molecule has 1 aromatic carbocycles. The lowest BCUT2D eigenvalue weighted by Crippen LogP contribution is -2.45. The second-order valence-corrected chi connectivity index (χ2v) is 4.82. The monoisotopic (exact) mass is 251 g/mol. The number of hydrogen-bond donors (Lipinski definition) is 1. The van der Waals surface area contributed by atoms with Gasteiger partial charge in [-0.25, -0.2) is 4.39 Å². The fraction of sp³-hybridized carbons (Fsp3) is 0.500. The Labute approximate surface area is 106 Å². The summed E-state index contributed by atoms with van der Waals surface area (Å²) < 4.78 is 12.9. The summed E-state index contributed by atoms with van der Waals surface area (Å²) in [6, 6.07) is 5.89. The van der Waals surface area contributed by atoms with Gasteiger partial charge in [0, 0.05) is 6.04 Å². The molecule has 18 heavy (non-hydrogen) atoms. The molecule has 1 aromatic rings. The molecule has 1 saturated heterocycles. The molecule has 1 aliphatic heterocycles. The molecule has 0 aliphatic carbocycles. The van der Waals surface area contributed by atoms with E-state index < -0.39 is 12.0 Å². The van der Waals surface area contributed by atoms with Crippen molar-refractivity contribution >= 4 is 5.97 Å². The molecule has 0 amide bonds. The number of piperidine rings is 1.